The van der Waals surface area contributed by atoms with Crippen LogP contribution >= 0.6 is 0 Å². The predicted molar refractivity (Wildman–Crippen MR) is 60.9 cm³/mol. The summed E-state index contributed by atoms with van der Waals surface area (Å²) in [4.78, 5) is 11.2. The number of hydrogen-bond donors (Lipinski definition) is 1. The molecule has 0 bridgehead atoms. The molecule has 88 valence electrons. The van der Waals surface area contributed by atoms with E-state index >= 15 is 0 Å². The Morgan fingerprint density at radius 1 is 1.50 bits per heavy atom. The van der Waals surface area contributed by atoms with Gasteiger partial charge in [-0.05, 0) is 44.5 Å². The second-order valence-corrected chi connectivity index (χ2v) is 3.86. The number of carbonyl (C=O) groups excluding carboxylic acids is 1. The first-order chi connectivity index (χ1) is 7.49. The normalized spacial score (nSPS) is 10.3. The molecule has 0 aliphatic heterocycles. The molecule has 1 aromatic carbocycles. The van der Waals surface area contributed by atoms with E-state index in [0.717, 1.165) is 0 Å². The summed E-state index contributed by atoms with van der Waals surface area (Å²) < 4.78 is 17.9. The van der Waals surface area contributed by atoms with E-state index in [1.54, 1.807) is 32.9 Å². The van der Waals surface area contributed by atoms with E-state index in [1.807, 2.05) is 0 Å². The maximum Gasteiger partial charge on any atom is 0.325 e. The smallest absolute Gasteiger partial charge is 0.325 e. The summed E-state index contributed by atoms with van der Waals surface area (Å²) >= 11 is 0. The quantitative estimate of drug-likeness (QED) is 0.800. The van der Waals surface area contributed by atoms with Gasteiger partial charge in [-0.1, -0.05) is 0 Å². The number of esters is 1. The van der Waals surface area contributed by atoms with Crippen LogP contribution in [0.3, 0.4) is 0 Å². The van der Waals surface area contributed by atoms with Crippen LogP contribution < -0.4 is 5.32 Å². The Bertz CT molecular complexity index is 377. The number of nitrogens with one attached hydrogen (secondary N) is 1. The Morgan fingerprint density at radius 2 is 2.19 bits per heavy atom. The largest absolute Gasteiger partial charge is 0.462 e. The Labute approximate surface area is 94.6 Å². The third-order valence-corrected chi connectivity index (χ3v) is 1.96. The lowest BCUT2D eigenvalue weighted by Crippen LogP contribution is -2.20. The molecule has 1 N–H and O–H groups in total. The monoisotopic (exact) mass is 225 g/mol. The second-order valence-electron chi connectivity index (χ2n) is 3.86. The third kappa shape index (κ3) is 3.88. The second kappa shape index (κ2) is 5.49. The first-order valence-electron chi connectivity index (χ1n) is 5.18. The summed E-state index contributed by atoms with van der Waals surface area (Å²) in [7, 11) is 0. The molecule has 0 radical (unpaired) electrons. The van der Waals surface area contributed by atoms with Gasteiger partial charge in [0, 0.05) is 5.69 Å². The van der Waals surface area contributed by atoms with E-state index in [1.165, 1.54) is 6.07 Å². The molecular formula is C12H16FNO2. The van der Waals surface area contributed by atoms with Crippen LogP contribution in [-0.4, -0.2) is 18.6 Å². The molecule has 1 rings (SSSR count). The number of benzene rings is 1. The number of aryl methyl sites for hydroxylation is 1. The maximum absolute atomic E-state index is 13.0. The van der Waals surface area contributed by atoms with Gasteiger partial charge >= 0.3 is 5.97 Å². The third-order valence-electron chi connectivity index (χ3n) is 1.96. The van der Waals surface area contributed by atoms with Gasteiger partial charge in [-0.25, -0.2) is 4.39 Å². The zero-order valence-electron chi connectivity index (χ0n) is 9.71. The van der Waals surface area contributed by atoms with Crippen molar-refractivity contribution in [2.24, 2.45) is 0 Å². The minimum atomic E-state index is -0.322. The summed E-state index contributed by atoms with van der Waals surface area (Å²) in [5.41, 5.74) is 1.25. The Hall–Kier alpha value is -1.58. The zero-order valence-corrected chi connectivity index (χ0v) is 9.71. The Balaban J connectivity index is 2.48. The summed E-state index contributed by atoms with van der Waals surface area (Å²) in [6, 6.07) is 4.61. The minimum Gasteiger partial charge on any atom is -0.462 e. The molecule has 0 heterocycles. The molecule has 0 amide bonds. The van der Waals surface area contributed by atoms with Gasteiger partial charge in [0.15, 0.2) is 0 Å². The molecule has 16 heavy (non-hydrogen) atoms. The van der Waals surface area contributed by atoms with Crippen LogP contribution in [0.2, 0.25) is 0 Å². The van der Waals surface area contributed by atoms with Gasteiger partial charge in [-0.2, -0.15) is 0 Å². The molecule has 0 unspecified atom stereocenters. The molecule has 0 aliphatic rings. The summed E-state index contributed by atoms with van der Waals surface area (Å²) in [6.07, 6.45) is -0.121. The zero-order chi connectivity index (χ0) is 12.1. The Kier molecular flexibility index (Phi) is 4.28. The highest BCUT2D eigenvalue weighted by atomic mass is 19.1. The molecule has 4 heteroatoms. The van der Waals surface area contributed by atoms with Gasteiger partial charge < -0.3 is 10.1 Å². The molecule has 0 aromatic heterocycles. The van der Waals surface area contributed by atoms with E-state index in [2.05, 4.69) is 5.32 Å². The predicted octanol–water partition coefficient (Wildman–Crippen LogP) is 2.50. The lowest BCUT2D eigenvalue weighted by molar-refractivity contribution is -0.145. The fourth-order valence-corrected chi connectivity index (χ4v) is 1.23. The first-order valence-corrected chi connectivity index (χ1v) is 5.18. The van der Waals surface area contributed by atoms with Gasteiger partial charge in [0.25, 0.3) is 0 Å². The van der Waals surface area contributed by atoms with Gasteiger partial charge in [-0.15, -0.1) is 0 Å². The highest BCUT2D eigenvalue weighted by Gasteiger charge is 2.05. The van der Waals surface area contributed by atoms with Gasteiger partial charge in [0.2, 0.25) is 0 Å². The van der Waals surface area contributed by atoms with Crippen molar-refractivity contribution in [3.8, 4) is 0 Å². The van der Waals surface area contributed by atoms with Gasteiger partial charge in [-0.3, -0.25) is 4.79 Å². The van der Waals surface area contributed by atoms with Crippen LogP contribution in [0.5, 0.6) is 0 Å². The van der Waals surface area contributed by atoms with Crippen molar-refractivity contribution < 1.29 is 13.9 Å². The minimum absolute atomic E-state index is 0.0866. The lowest BCUT2D eigenvalue weighted by Gasteiger charge is -2.10. The van der Waals surface area contributed by atoms with Crippen molar-refractivity contribution in [1.29, 1.82) is 0 Å². The fraction of sp³-hybridized carbons (Fsp3) is 0.417. The van der Waals surface area contributed by atoms with E-state index in [9.17, 15) is 9.18 Å². The number of hydrogen-bond acceptors (Lipinski definition) is 3. The van der Waals surface area contributed by atoms with Crippen molar-refractivity contribution in [3.05, 3.63) is 29.6 Å². The van der Waals surface area contributed by atoms with E-state index < -0.39 is 0 Å². The van der Waals surface area contributed by atoms with Crippen LogP contribution in [-0.2, 0) is 9.53 Å². The van der Waals surface area contributed by atoms with Crippen molar-refractivity contribution >= 4 is 11.7 Å². The van der Waals surface area contributed by atoms with Crippen LogP contribution in [0.1, 0.15) is 19.4 Å². The van der Waals surface area contributed by atoms with Crippen molar-refractivity contribution in [2.45, 2.75) is 26.9 Å². The first kappa shape index (κ1) is 12.5. The van der Waals surface area contributed by atoms with Crippen LogP contribution in [0, 0.1) is 12.7 Å². The lowest BCUT2D eigenvalue weighted by atomic mass is 10.2. The number of rotatable bonds is 4. The number of halogens is 1. The molecule has 3 nitrogen and oxygen atoms in total. The van der Waals surface area contributed by atoms with Crippen LogP contribution in [0.15, 0.2) is 18.2 Å². The number of carbonyl (C=O) groups is 1. The number of ether oxygens (including phenoxy) is 1. The summed E-state index contributed by atoms with van der Waals surface area (Å²) in [5, 5.41) is 2.88. The SMILES string of the molecule is Cc1cc(NCC(=O)OC(C)C)ccc1F. The average molecular weight is 225 g/mol. The van der Waals surface area contributed by atoms with Crippen molar-refractivity contribution in [2.75, 3.05) is 11.9 Å². The number of anilines is 1. The Morgan fingerprint density at radius 3 is 2.75 bits per heavy atom. The van der Waals surface area contributed by atoms with Crippen molar-refractivity contribution in [3.63, 3.8) is 0 Å². The summed E-state index contributed by atoms with van der Waals surface area (Å²) in [6.45, 7) is 5.34. The van der Waals surface area contributed by atoms with E-state index in [4.69, 9.17) is 4.74 Å². The molecule has 0 spiro atoms. The topological polar surface area (TPSA) is 38.3 Å². The van der Waals surface area contributed by atoms with Crippen LogP contribution in [0.4, 0.5) is 10.1 Å². The molecule has 0 aliphatic carbocycles. The van der Waals surface area contributed by atoms with E-state index in [0.29, 0.717) is 11.3 Å². The van der Waals surface area contributed by atoms with Crippen LogP contribution in [0.25, 0.3) is 0 Å². The van der Waals surface area contributed by atoms with Gasteiger partial charge in [0.1, 0.15) is 12.4 Å². The highest BCUT2D eigenvalue weighted by Crippen LogP contribution is 2.13. The van der Waals surface area contributed by atoms with Crippen molar-refractivity contribution in [1.82, 2.24) is 0 Å². The molecule has 1 aromatic rings. The summed E-state index contributed by atoms with van der Waals surface area (Å²) in [5.74, 6) is -0.577. The average Bonchev–Trinajstić information content (AvgIpc) is 2.19. The molecule has 0 atom stereocenters. The maximum atomic E-state index is 13.0. The molecule has 0 saturated heterocycles. The molecule has 0 saturated carbocycles. The van der Waals surface area contributed by atoms with E-state index in [-0.39, 0.29) is 24.4 Å². The highest BCUT2D eigenvalue weighted by molar-refractivity contribution is 5.75. The molecule has 0 fully saturated rings. The fourth-order valence-electron chi connectivity index (χ4n) is 1.23. The molecular weight excluding hydrogens is 209 g/mol. The van der Waals surface area contributed by atoms with Gasteiger partial charge in [0.05, 0.1) is 6.10 Å². The standard InChI is InChI=1S/C12H16FNO2/c1-8(2)16-12(15)7-14-10-4-5-11(13)9(3)6-10/h4-6,8,14H,7H2,1-3H3.